The van der Waals surface area contributed by atoms with Gasteiger partial charge in [-0.05, 0) is 43.3 Å². The van der Waals surface area contributed by atoms with Gasteiger partial charge in [0.25, 0.3) is 0 Å². The summed E-state index contributed by atoms with van der Waals surface area (Å²) in [5, 5.41) is 6.23. The van der Waals surface area contributed by atoms with Gasteiger partial charge in [-0.25, -0.2) is 4.98 Å². The molecule has 0 saturated carbocycles. The van der Waals surface area contributed by atoms with Crippen LogP contribution in [0.5, 0.6) is 0 Å². The van der Waals surface area contributed by atoms with Crippen LogP contribution in [0.25, 0.3) is 17.0 Å². The number of para-hydroxylation sites is 2. The first-order valence-electron chi connectivity index (χ1n) is 9.86. The molecular formula is C22H21F3N6O. The normalized spacial score (nSPS) is 11.7. The first kappa shape index (κ1) is 21.6. The van der Waals surface area contributed by atoms with E-state index in [0.29, 0.717) is 42.2 Å². The predicted molar refractivity (Wildman–Crippen MR) is 116 cm³/mol. The fourth-order valence-corrected chi connectivity index (χ4v) is 3.26. The standard InChI is InChI=1S/C22H21F3N6O/c1-14-27-17-5-3-4-6-18(17)31(14)21-29-19(26-11-12-32-2)13-20(30-21)28-16-9-7-15(8-10-16)22(23,24)25/h3-10,13H,11-12H2,1-2H3,(H2,26,28,29,30). The molecule has 4 rings (SSSR count). The largest absolute Gasteiger partial charge is 0.416 e. The van der Waals surface area contributed by atoms with Gasteiger partial charge in [0.1, 0.15) is 17.5 Å². The molecule has 0 aliphatic carbocycles. The van der Waals surface area contributed by atoms with Gasteiger partial charge in [0.05, 0.1) is 23.2 Å². The third-order valence-electron chi connectivity index (χ3n) is 4.74. The second kappa shape index (κ2) is 8.83. The number of rotatable bonds is 7. The molecule has 7 nitrogen and oxygen atoms in total. The molecule has 0 bridgehead atoms. The number of fused-ring (bicyclic) bond motifs is 1. The van der Waals surface area contributed by atoms with Crippen LogP contribution < -0.4 is 10.6 Å². The monoisotopic (exact) mass is 442 g/mol. The van der Waals surface area contributed by atoms with E-state index in [-0.39, 0.29) is 0 Å². The second-order valence-electron chi connectivity index (χ2n) is 7.04. The lowest BCUT2D eigenvalue weighted by Gasteiger charge is -2.13. The summed E-state index contributed by atoms with van der Waals surface area (Å²) in [5.74, 6) is 2.05. The van der Waals surface area contributed by atoms with E-state index < -0.39 is 11.7 Å². The number of hydrogen-bond acceptors (Lipinski definition) is 6. The molecule has 2 heterocycles. The lowest BCUT2D eigenvalue weighted by atomic mass is 10.2. The Labute approximate surface area is 182 Å². The minimum absolute atomic E-state index is 0.382. The summed E-state index contributed by atoms with van der Waals surface area (Å²) >= 11 is 0. The number of aryl methyl sites for hydroxylation is 1. The number of imidazole rings is 1. The minimum Gasteiger partial charge on any atom is -0.383 e. The van der Waals surface area contributed by atoms with Crippen molar-refractivity contribution in [3.8, 4) is 5.95 Å². The summed E-state index contributed by atoms with van der Waals surface area (Å²) in [5.41, 5.74) is 1.41. The second-order valence-corrected chi connectivity index (χ2v) is 7.04. The Balaban J connectivity index is 1.72. The molecule has 32 heavy (non-hydrogen) atoms. The maximum absolute atomic E-state index is 12.9. The smallest absolute Gasteiger partial charge is 0.383 e. The van der Waals surface area contributed by atoms with Gasteiger partial charge in [0.15, 0.2) is 0 Å². The molecule has 0 radical (unpaired) electrons. The van der Waals surface area contributed by atoms with Crippen LogP contribution in [0.2, 0.25) is 0 Å². The highest BCUT2D eigenvalue weighted by molar-refractivity contribution is 5.77. The lowest BCUT2D eigenvalue weighted by Crippen LogP contribution is -2.12. The average molecular weight is 442 g/mol. The Hall–Kier alpha value is -3.66. The molecule has 0 saturated heterocycles. The van der Waals surface area contributed by atoms with E-state index in [1.807, 2.05) is 35.8 Å². The number of methoxy groups -OCH3 is 1. The zero-order chi connectivity index (χ0) is 22.7. The Morgan fingerprint density at radius 3 is 2.41 bits per heavy atom. The summed E-state index contributed by atoms with van der Waals surface area (Å²) < 4.78 is 45.5. The summed E-state index contributed by atoms with van der Waals surface area (Å²) in [6, 6.07) is 14.1. The van der Waals surface area contributed by atoms with Crippen LogP contribution in [-0.4, -0.2) is 39.8 Å². The molecule has 4 aromatic rings. The Kier molecular flexibility index (Phi) is 5.95. The van der Waals surface area contributed by atoms with Gasteiger partial charge in [-0.15, -0.1) is 0 Å². The van der Waals surface area contributed by atoms with Crippen molar-refractivity contribution in [1.82, 2.24) is 19.5 Å². The Morgan fingerprint density at radius 2 is 1.69 bits per heavy atom. The van der Waals surface area contributed by atoms with Gasteiger partial charge < -0.3 is 15.4 Å². The zero-order valence-corrected chi connectivity index (χ0v) is 17.4. The van der Waals surface area contributed by atoms with E-state index >= 15 is 0 Å². The van der Waals surface area contributed by atoms with Gasteiger partial charge >= 0.3 is 6.18 Å². The summed E-state index contributed by atoms with van der Waals surface area (Å²) in [6.45, 7) is 2.86. The molecule has 2 aromatic heterocycles. The number of halogens is 3. The number of ether oxygens (including phenoxy) is 1. The molecule has 0 aliphatic rings. The van der Waals surface area contributed by atoms with Crippen LogP contribution in [0.4, 0.5) is 30.5 Å². The highest BCUT2D eigenvalue weighted by atomic mass is 19.4. The number of nitrogens with one attached hydrogen (secondary N) is 2. The number of anilines is 3. The van der Waals surface area contributed by atoms with E-state index in [1.165, 1.54) is 12.1 Å². The Morgan fingerprint density at radius 1 is 0.969 bits per heavy atom. The summed E-state index contributed by atoms with van der Waals surface area (Å²) in [6.07, 6.45) is -4.39. The van der Waals surface area contributed by atoms with Crippen molar-refractivity contribution in [2.75, 3.05) is 30.9 Å². The van der Waals surface area contributed by atoms with Crippen molar-refractivity contribution in [1.29, 1.82) is 0 Å². The van der Waals surface area contributed by atoms with Crippen LogP contribution in [0, 0.1) is 6.92 Å². The molecule has 2 aromatic carbocycles. The number of benzene rings is 2. The highest BCUT2D eigenvalue weighted by Gasteiger charge is 2.30. The van der Waals surface area contributed by atoms with Crippen molar-refractivity contribution in [3.63, 3.8) is 0 Å². The first-order chi connectivity index (χ1) is 15.3. The molecule has 2 N–H and O–H groups in total. The lowest BCUT2D eigenvalue weighted by molar-refractivity contribution is -0.137. The highest BCUT2D eigenvalue weighted by Crippen LogP contribution is 2.30. The van der Waals surface area contributed by atoms with Gasteiger partial charge in [-0.2, -0.15) is 23.1 Å². The van der Waals surface area contributed by atoms with Crippen molar-refractivity contribution in [2.24, 2.45) is 0 Å². The van der Waals surface area contributed by atoms with Crippen molar-refractivity contribution in [2.45, 2.75) is 13.1 Å². The molecule has 166 valence electrons. The molecule has 0 spiro atoms. The third-order valence-corrected chi connectivity index (χ3v) is 4.74. The van der Waals surface area contributed by atoms with Crippen molar-refractivity contribution in [3.05, 3.63) is 66.0 Å². The number of aromatic nitrogens is 4. The van der Waals surface area contributed by atoms with Crippen LogP contribution >= 0.6 is 0 Å². The van der Waals surface area contributed by atoms with Gasteiger partial charge in [-0.1, -0.05) is 12.1 Å². The topological polar surface area (TPSA) is 76.9 Å². The number of nitrogens with zero attached hydrogens (tertiary/aromatic N) is 4. The van der Waals surface area contributed by atoms with Crippen molar-refractivity contribution < 1.29 is 17.9 Å². The van der Waals surface area contributed by atoms with Crippen molar-refractivity contribution >= 4 is 28.4 Å². The molecule has 0 fully saturated rings. The van der Waals surface area contributed by atoms with E-state index in [0.717, 1.165) is 23.2 Å². The molecular weight excluding hydrogens is 421 g/mol. The quantitative estimate of drug-likeness (QED) is 0.395. The van der Waals surface area contributed by atoms with Crippen LogP contribution in [0.15, 0.2) is 54.6 Å². The molecule has 0 unspecified atom stereocenters. The summed E-state index contributed by atoms with van der Waals surface area (Å²) in [4.78, 5) is 13.7. The van der Waals surface area contributed by atoms with E-state index in [4.69, 9.17) is 4.74 Å². The van der Waals surface area contributed by atoms with Crippen LogP contribution in [0.3, 0.4) is 0 Å². The summed E-state index contributed by atoms with van der Waals surface area (Å²) in [7, 11) is 1.60. The Bertz CT molecular complexity index is 1220. The van der Waals surface area contributed by atoms with Gasteiger partial charge in [0, 0.05) is 25.4 Å². The number of alkyl halides is 3. The molecule has 10 heteroatoms. The maximum Gasteiger partial charge on any atom is 0.416 e. The SMILES string of the molecule is COCCNc1cc(Nc2ccc(C(F)(F)F)cc2)nc(-n2c(C)nc3ccccc32)n1. The predicted octanol–water partition coefficient (Wildman–Crippen LogP) is 4.94. The fourth-order valence-electron chi connectivity index (χ4n) is 3.26. The van der Waals surface area contributed by atoms with E-state index in [2.05, 4.69) is 25.6 Å². The van der Waals surface area contributed by atoms with Gasteiger partial charge in [0.2, 0.25) is 5.95 Å². The number of hydrogen-bond donors (Lipinski definition) is 2. The molecule has 0 aliphatic heterocycles. The fraction of sp³-hybridized carbons (Fsp3) is 0.227. The van der Waals surface area contributed by atoms with Crippen LogP contribution in [0.1, 0.15) is 11.4 Å². The van der Waals surface area contributed by atoms with Crippen LogP contribution in [-0.2, 0) is 10.9 Å². The zero-order valence-electron chi connectivity index (χ0n) is 17.4. The van der Waals surface area contributed by atoms with E-state index in [9.17, 15) is 13.2 Å². The van der Waals surface area contributed by atoms with E-state index in [1.54, 1.807) is 13.2 Å². The first-order valence-corrected chi connectivity index (χ1v) is 9.86. The average Bonchev–Trinajstić information content (AvgIpc) is 3.09. The maximum atomic E-state index is 12.9. The minimum atomic E-state index is -4.39. The molecule has 0 amide bonds. The van der Waals surface area contributed by atoms with Gasteiger partial charge in [-0.3, -0.25) is 4.57 Å². The molecule has 0 atom stereocenters. The third kappa shape index (κ3) is 4.65.